The van der Waals surface area contributed by atoms with Crippen molar-refractivity contribution >= 4 is 28.5 Å². The minimum absolute atomic E-state index is 0.0627. The van der Waals surface area contributed by atoms with E-state index in [1.54, 1.807) is 30.1 Å². The van der Waals surface area contributed by atoms with Crippen LogP contribution in [0.4, 0.5) is 13.2 Å². The molecule has 130 valence electrons. The third-order valence-corrected chi connectivity index (χ3v) is 4.57. The van der Waals surface area contributed by atoms with Gasteiger partial charge >= 0.3 is 12.1 Å². The van der Waals surface area contributed by atoms with Crippen LogP contribution in [-0.4, -0.2) is 42.6 Å². The number of nitrogens with zero attached hydrogens (tertiary/aromatic N) is 1. The number of ether oxygens (including phenoxy) is 1. The molecule has 2 rings (SSSR count). The van der Waals surface area contributed by atoms with Gasteiger partial charge in [0.2, 0.25) is 0 Å². The number of hydrogen-bond donors (Lipinski definition) is 1. The lowest BCUT2D eigenvalue weighted by Gasteiger charge is -2.17. The van der Waals surface area contributed by atoms with Gasteiger partial charge in [0.05, 0.1) is 13.7 Å². The molecule has 0 unspecified atom stereocenters. The second-order valence-corrected chi connectivity index (χ2v) is 6.16. The first-order valence-electron chi connectivity index (χ1n) is 6.94. The maximum absolute atomic E-state index is 13.4. The zero-order chi connectivity index (χ0) is 17.9. The molecule has 2 aromatic rings. The summed E-state index contributed by atoms with van der Waals surface area (Å²) >= 11 is 1.29. The average Bonchev–Trinajstić information content (AvgIpc) is 2.49. The Morgan fingerprint density at radius 2 is 1.96 bits per heavy atom. The van der Waals surface area contributed by atoms with Gasteiger partial charge in [-0.2, -0.15) is 13.2 Å². The molecule has 0 bridgehead atoms. The van der Waals surface area contributed by atoms with E-state index >= 15 is 0 Å². The molecule has 0 atom stereocenters. The monoisotopic (exact) mass is 359 g/mol. The number of methoxy groups -OCH3 is 1. The van der Waals surface area contributed by atoms with E-state index in [1.165, 1.54) is 31.0 Å². The molecule has 1 N–H and O–H groups in total. The summed E-state index contributed by atoms with van der Waals surface area (Å²) in [5, 5.41) is 9.27. The molecular formula is C16H16F3NO3S. The number of fused-ring (bicyclic) bond motifs is 1. The first-order chi connectivity index (χ1) is 11.2. The number of benzene rings is 2. The molecule has 4 nitrogen and oxygen atoms in total. The van der Waals surface area contributed by atoms with Crippen LogP contribution in [0.5, 0.6) is 5.75 Å². The fourth-order valence-electron chi connectivity index (χ4n) is 2.35. The Morgan fingerprint density at radius 1 is 1.25 bits per heavy atom. The molecular weight excluding hydrogens is 343 g/mol. The molecule has 0 spiro atoms. The first kappa shape index (κ1) is 18.4. The fraction of sp³-hybridized carbons (Fsp3) is 0.312. The van der Waals surface area contributed by atoms with Gasteiger partial charge in [-0.1, -0.05) is 12.1 Å². The standard InChI is InChI=1S/C16H16F3NO3S/c1-20(8-14(21)22)9-24-13-5-3-4-11-10(13)6-7-12(23-2)15(11)16(17,18)19/h3-7H,8-9H2,1-2H3,(H,21,22). The Kier molecular flexibility index (Phi) is 5.61. The number of carboxylic acid groups (broad SMARTS) is 1. The molecule has 0 aliphatic heterocycles. The van der Waals surface area contributed by atoms with Crippen LogP contribution in [0.15, 0.2) is 35.2 Å². The van der Waals surface area contributed by atoms with E-state index in [0.29, 0.717) is 16.2 Å². The van der Waals surface area contributed by atoms with Crippen LogP contribution in [-0.2, 0) is 11.0 Å². The van der Waals surface area contributed by atoms with E-state index in [1.807, 2.05) is 0 Å². The summed E-state index contributed by atoms with van der Waals surface area (Å²) in [6.45, 7) is -0.139. The maximum Gasteiger partial charge on any atom is 0.420 e. The highest BCUT2D eigenvalue weighted by atomic mass is 32.2. The van der Waals surface area contributed by atoms with E-state index < -0.39 is 17.7 Å². The third kappa shape index (κ3) is 4.12. The summed E-state index contributed by atoms with van der Waals surface area (Å²) in [6, 6.07) is 7.57. The number of halogens is 3. The van der Waals surface area contributed by atoms with Crippen molar-refractivity contribution in [3.8, 4) is 5.75 Å². The number of carbonyl (C=O) groups is 1. The molecule has 8 heteroatoms. The van der Waals surface area contributed by atoms with Crippen molar-refractivity contribution in [1.82, 2.24) is 4.90 Å². The van der Waals surface area contributed by atoms with Crippen molar-refractivity contribution in [3.63, 3.8) is 0 Å². The molecule has 24 heavy (non-hydrogen) atoms. The van der Waals surface area contributed by atoms with Crippen LogP contribution in [0.25, 0.3) is 10.8 Å². The summed E-state index contributed by atoms with van der Waals surface area (Å²) in [5.74, 6) is -0.834. The Bertz CT molecular complexity index is 749. The zero-order valence-electron chi connectivity index (χ0n) is 13.1. The number of aliphatic carboxylic acids is 1. The lowest BCUT2D eigenvalue weighted by molar-refractivity contribution is -0.138. The normalized spacial score (nSPS) is 11.9. The molecule has 0 aliphatic rings. The van der Waals surface area contributed by atoms with Crippen molar-refractivity contribution in [3.05, 3.63) is 35.9 Å². The van der Waals surface area contributed by atoms with Gasteiger partial charge in [0, 0.05) is 10.8 Å². The molecule has 0 radical (unpaired) electrons. The van der Waals surface area contributed by atoms with E-state index in [9.17, 15) is 18.0 Å². The fourth-order valence-corrected chi connectivity index (χ4v) is 3.31. The number of carboxylic acids is 1. The van der Waals surface area contributed by atoms with E-state index in [4.69, 9.17) is 9.84 Å². The van der Waals surface area contributed by atoms with Gasteiger partial charge in [-0.25, -0.2) is 0 Å². The van der Waals surface area contributed by atoms with Gasteiger partial charge in [-0.3, -0.25) is 9.69 Å². The van der Waals surface area contributed by atoms with Crippen molar-refractivity contribution in [2.75, 3.05) is 26.6 Å². The summed E-state index contributed by atoms with van der Waals surface area (Å²) in [5.41, 5.74) is -0.802. The highest BCUT2D eigenvalue weighted by Crippen LogP contribution is 2.43. The van der Waals surface area contributed by atoms with Crippen LogP contribution < -0.4 is 4.74 Å². The predicted molar refractivity (Wildman–Crippen MR) is 86.5 cm³/mol. The number of rotatable bonds is 6. The van der Waals surface area contributed by atoms with Crippen molar-refractivity contribution in [1.29, 1.82) is 0 Å². The van der Waals surface area contributed by atoms with Crippen molar-refractivity contribution in [2.24, 2.45) is 0 Å². The van der Waals surface area contributed by atoms with Gasteiger partial charge in [0.1, 0.15) is 11.3 Å². The van der Waals surface area contributed by atoms with E-state index in [2.05, 4.69) is 0 Å². The molecule has 0 heterocycles. The van der Waals surface area contributed by atoms with Crippen molar-refractivity contribution in [2.45, 2.75) is 11.1 Å². The first-order valence-corrected chi connectivity index (χ1v) is 7.92. The Hall–Kier alpha value is -1.93. The van der Waals surface area contributed by atoms with E-state index in [-0.39, 0.29) is 17.7 Å². The maximum atomic E-state index is 13.4. The number of hydrogen-bond acceptors (Lipinski definition) is 4. The summed E-state index contributed by atoms with van der Waals surface area (Å²) < 4.78 is 45.0. The van der Waals surface area contributed by atoms with Crippen LogP contribution in [0.2, 0.25) is 0 Å². The SMILES string of the molecule is COc1ccc2c(SCN(C)CC(=O)O)cccc2c1C(F)(F)F. The second kappa shape index (κ2) is 7.31. The van der Waals surface area contributed by atoms with Crippen molar-refractivity contribution < 1.29 is 27.8 Å². The molecule has 0 saturated carbocycles. The summed E-state index contributed by atoms with van der Waals surface area (Å²) in [4.78, 5) is 12.9. The summed E-state index contributed by atoms with van der Waals surface area (Å²) in [7, 11) is 2.84. The van der Waals surface area contributed by atoms with Crippen LogP contribution in [0, 0.1) is 0 Å². The number of thioether (sulfide) groups is 1. The largest absolute Gasteiger partial charge is 0.496 e. The summed E-state index contributed by atoms with van der Waals surface area (Å²) in [6.07, 6.45) is -4.53. The van der Waals surface area contributed by atoms with Gasteiger partial charge in [-0.15, -0.1) is 11.8 Å². The lowest BCUT2D eigenvalue weighted by atomic mass is 10.0. The minimum Gasteiger partial charge on any atom is -0.496 e. The second-order valence-electron chi connectivity index (χ2n) is 5.17. The lowest BCUT2D eigenvalue weighted by Crippen LogP contribution is -2.25. The molecule has 0 fully saturated rings. The molecule has 0 aliphatic carbocycles. The Balaban J connectivity index is 2.42. The zero-order valence-corrected chi connectivity index (χ0v) is 13.9. The van der Waals surface area contributed by atoms with Crippen LogP contribution >= 0.6 is 11.8 Å². The topological polar surface area (TPSA) is 49.8 Å². The smallest absolute Gasteiger partial charge is 0.420 e. The van der Waals surface area contributed by atoms with Gasteiger partial charge in [0.15, 0.2) is 0 Å². The van der Waals surface area contributed by atoms with Gasteiger partial charge in [-0.05, 0) is 36.0 Å². The average molecular weight is 359 g/mol. The van der Waals surface area contributed by atoms with Crippen LogP contribution in [0.1, 0.15) is 5.56 Å². The van der Waals surface area contributed by atoms with Gasteiger partial charge in [0.25, 0.3) is 0 Å². The number of likely N-dealkylation sites (N-methyl/N-ethyl adjacent to an activating group) is 1. The van der Waals surface area contributed by atoms with Crippen LogP contribution in [0.3, 0.4) is 0 Å². The predicted octanol–water partition coefficient (Wildman–Crippen LogP) is 3.93. The highest BCUT2D eigenvalue weighted by Gasteiger charge is 2.36. The highest BCUT2D eigenvalue weighted by molar-refractivity contribution is 7.99. The molecule has 0 aromatic heterocycles. The molecule has 0 amide bonds. The quantitative estimate of drug-likeness (QED) is 0.626. The van der Waals surface area contributed by atoms with Gasteiger partial charge < -0.3 is 9.84 Å². The third-order valence-electron chi connectivity index (χ3n) is 3.33. The molecule has 0 saturated heterocycles. The Morgan fingerprint density at radius 3 is 2.54 bits per heavy atom. The Labute approximate surface area is 141 Å². The molecule has 2 aromatic carbocycles. The van der Waals surface area contributed by atoms with E-state index in [0.717, 1.165) is 0 Å². The minimum atomic E-state index is -4.53. The number of alkyl halides is 3.